The van der Waals surface area contributed by atoms with Crippen LogP contribution < -0.4 is 0 Å². The van der Waals surface area contributed by atoms with Gasteiger partial charge in [-0.25, -0.2) is 18.6 Å². The van der Waals surface area contributed by atoms with Crippen molar-refractivity contribution in [3.05, 3.63) is 27.5 Å². The maximum atomic E-state index is 12.7. The number of halogens is 4. The van der Waals surface area contributed by atoms with Gasteiger partial charge in [-0.1, -0.05) is 15.9 Å². The molecule has 0 bridgehead atoms. The molecule has 0 saturated carbocycles. The van der Waals surface area contributed by atoms with E-state index in [2.05, 4.69) is 36.8 Å². The Balaban J connectivity index is 3.49. The monoisotopic (exact) mass is 343 g/mol. The molecule has 0 fully saturated rings. The molecule has 0 aliphatic carbocycles. The Hall–Kier alpha value is -0.560. The van der Waals surface area contributed by atoms with Gasteiger partial charge in [0.05, 0.1) is 5.56 Å². The minimum absolute atomic E-state index is 0.135. The van der Waals surface area contributed by atoms with Crippen molar-refractivity contribution in [1.29, 1.82) is 0 Å². The molecular formula is C8H5Br2F2NO2. The van der Waals surface area contributed by atoms with Crippen molar-refractivity contribution in [2.45, 2.75) is 11.8 Å². The molecule has 1 heterocycles. The van der Waals surface area contributed by atoms with Gasteiger partial charge in [-0.05, 0) is 21.5 Å². The van der Waals surface area contributed by atoms with Crippen LogP contribution in [0.2, 0.25) is 0 Å². The summed E-state index contributed by atoms with van der Waals surface area (Å²) in [5.74, 6) is -1.46. The van der Waals surface area contributed by atoms with Gasteiger partial charge in [0.2, 0.25) is 0 Å². The summed E-state index contributed by atoms with van der Waals surface area (Å²) in [5, 5.41) is 8.83. The number of aromatic carboxylic acids is 1. The van der Waals surface area contributed by atoms with Gasteiger partial charge in [0, 0.05) is 16.0 Å². The maximum Gasteiger partial charge on any atom is 0.355 e. The van der Waals surface area contributed by atoms with Gasteiger partial charge in [-0.2, -0.15) is 0 Å². The number of carbonyl (C=O) groups is 1. The first-order valence-corrected chi connectivity index (χ1v) is 5.65. The van der Waals surface area contributed by atoms with Crippen molar-refractivity contribution in [3.8, 4) is 0 Å². The van der Waals surface area contributed by atoms with Gasteiger partial charge in [0.25, 0.3) is 6.43 Å². The summed E-state index contributed by atoms with van der Waals surface area (Å²) >= 11 is 6.07. The molecule has 82 valence electrons. The number of aromatic nitrogens is 1. The van der Waals surface area contributed by atoms with Crippen molar-refractivity contribution in [2.75, 3.05) is 0 Å². The third-order valence-corrected chi connectivity index (χ3v) is 2.97. The first kappa shape index (κ1) is 12.5. The molecule has 0 atom stereocenters. The van der Waals surface area contributed by atoms with Crippen LogP contribution >= 0.6 is 31.9 Å². The number of carboxylic acids is 1. The Morgan fingerprint density at radius 2 is 2.20 bits per heavy atom. The summed E-state index contributed by atoms with van der Waals surface area (Å²) in [7, 11) is 0. The summed E-state index contributed by atoms with van der Waals surface area (Å²) in [6.07, 6.45) is -1.67. The van der Waals surface area contributed by atoms with Crippen LogP contribution in [-0.4, -0.2) is 16.1 Å². The van der Waals surface area contributed by atoms with Crippen LogP contribution in [0.1, 0.15) is 28.0 Å². The fraction of sp³-hybridized carbons (Fsp3) is 0.250. The number of hydrogen-bond donors (Lipinski definition) is 1. The lowest BCUT2D eigenvalue weighted by Crippen LogP contribution is -2.09. The van der Waals surface area contributed by atoms with E-state index in [9.17, 15) is 13.6 Å². The van der Waals surface area contributed by atoms with Gasteiger partial charge in [-0.3, -0.25) is 0 Å². The molecule has 1 aromatic rings. The Labute approximate surface area is 101 Å². The fourth-order valence-electron chi connectivity index (χ4n) is 1.08. The molecule has 0 aliphatic rings. The third kappa shape index (κ3) is 2.52. The summed E-state index contributed by atoms with van der Waals surface area (Å²) < 4.78 is 25.7. The zero-order valence-electron chi connectivity index (χ0n) is 7.18. The lowest BCUT2D eigenvalue weighted by atomic mass is 10.1. The molecular weight excluding hydrogens is 340 g/mol. The van der Waals surface area contributed by atoms with Gasteiger partial charge in [-0.15, -0.1) is 0 Å². The van der Waals surface area contributed by atoms with E-state index in [-0.39, 0.29) is 10.9 Å². The van der Waals surface area contributed by atoms with E-state index in [0.717, 1.165) is 0 Å². The molecule has 7 heteroatoms. The Bertz CT molecular complexity index is 398. The first-order chi connectivity index (χ1) is 6.99. The molecule has 0 spiro atoms. The van der Waals surface area contributed by atoms with E-state index < -0.39 is 23.7 Å². The number of hydrogen-bond acceptors (Lipinski definition) is 2. The third-order valence-electron chi connectivity index (χ3n) is 1.73. The molecule has 0 amide bonds. The second kappa shape index (κ2) is 4.98. The second-order valence-corrected chi connectivity index (χ2v) is 4.00. The minimum Gasteiger partial charge on any atom is -0.476 e. The average Bonchev–Trinajstić information content (AvgIpc) is 2.16. The molecule has 0 radical (unpaired) electrons. The van der Waals surface area contributed by atoms with Crippen LogP contribution in [0, 0.1) is 0 Å². The summed E-state index contributed by atoms with van der Waals surface area (Å²) in [5.41, 5.74) is -0.950. The predicted molar refractivity (Wildman–Crippen MR) is 56.5 cm³/mol. The predicted octanol–water partition coefficient (Wildman–Crippen LogP) is 3.37. The van der Waals surface area contributed by atoms with E-state index in [1.165, 1.54) is 6.20 Å². The molecule has 1 aromatic heterocycles. The highest BCUT2D eigenvalue weighted by Crippen LogP contribution is 2.31. The quantitative estimate of drug-likeness (QED) is 0.855. The zero-order valence-corrected chi connectivity index (χ0v) is 10.3. The van der Waals surface area contributed by atoms with Crippen LogP contribution in [0.25, 0.3) is 0 Å². The summed E-state index contributed by atoms with van der Waals surface area (Å²) in [4.78, 5) is 14.1. The van der Waals surface area contributed by atoms with E-state index in [1.807, 2.05) is 0 Å². The van der Waals surface area contributed by atoms with Crippen LogP contribution in [0.3, 0.4) is 0 Å². The standard InChI is InChI=1S/C8H5Br2F2NO2/c9-1-3-4(10)2-13-6(8(14)15)5(3)7(11)12/h2,7H,1H2,(H,14,15). The molecule has 0 aromatic carbocycles. The first-order valence-electron chi connectivity index (χ1n) is 3.73. The second-order valence-electron chi connectivity index (χ2n) is 2.59. The fourth-order valence-corrected chi connectivity index (χ4v) is 2.52. The zero-order chi connectivity index (χ0) is 11.6. The van der Waals surface area contributed by atoms with Crippen molar-refractivity contribution in [2.24, 2.45) is 0 Å². The van der Waals surface area contributed by atoms with Gasteiger partial charge in [0.1, 0.15) is 0 Å². The van der Waals surface area contributed by atoms with E-state index in [0.29, 0.717) is 4.47 Å². The largest absolute Gasteiger partial charge is 0.476 e. The number of carboxylic acid groups (broad SMARTS) is 1. The van der Waals surface area contributed by atoms with Crippen LogP contribution in [0.15, 0.2) is 10.7 Å². The normalized spacial score (nSPS) is 10.7. The highest BCUT2D eigenvalue weighted by Gasteiger charge is 2.24. The highest BCUT2D eigenvalue weighted by molar-refractivity contribution is 9.10. The Morgan fingerprint density at radius 1 is 1.60 bits per heavy atom. The van der Waals surface area contributed by atoms with Crippen molar-refractivity contribution in [3.63, 3.8) is 0 Å². The molecule has 1 N–H and O–H groups in total. The molecule has 3 nitrogen and oxygen atoms in total. The van der Waals surface area contributed by atoms with E-state index in [4.69, 9.17) is 5.11 Å². The van der Waals surface area contributed by atoms with Gasteiger partial charge >= 0.3 is 5.97 Å². The van der Waals surface area contributed by atoms with Crippen molar-refractivity contribution < 1.29 is 18.7 Å². The lowest BCUT2D eigenvalue weighted by Gasteiger charge is -2.10. The van der Waals surface area contributed by atoms with Crippen LogP contribution in [-0.2, 0) is 5.33 Å². The highest BCUT2D eigenvalue weighted by atomic mass is 79.9. The average molecular weight is 345 g/mol. The van der Waals surface area contributed by atoms with Crippen LogP contribution in [0.4, 0.5) is 8.78 Å². The van der Waals surface area contributed by atoms with E-state index >= 15 is 0 Å². The Morgan fingerprint density at radius 3 is 2.60 bits per heavy atom. The molecule has 0 unspecified atom stereocenters. The summed E-state index contributed by atoms with van der Waals surface area (Å²) in [6, 6.07) is 0. The minimum atomic E-state index is -2.87. The Kier molecular flexibility index (Phi) is 4.15. The maximum absolute atomic E-state index is 12.7. The van der Waals surface area contributed by atoms with Gasteiger partial charge < -0.3 is 5.11 Å². The number of rotatable bonds is 3. The topological polar surface area (TPSA) is 50.2 Å². The molecule has 0 saturated heterocycles. The van der Waals surface area contributed by atoms with Crippen molar-refractivity contribution >= 4 is 37.8 Å². The lowest BCUT2D eigenvalue weighted by molar-refractivity contribution is 0.0676. The molecule has 1 rings (SSSR count). The van der Waals surface area contributed by atoms with Crippen molar-refractivity contribution in [1.82, 2.24) is 4.98 Å². The smallest absolute Gasteiger partial charge is 0.355 e. The SMILES string of the molecule is O=C(O)c1ncc(Br)c(CBr)c1C(F)F. The van der Waals surface area contributed by atoms with E-state index in [1.54, 1.807) is 0 Å². The number of pyridine rings is 1. The molecule has 15 heavy (non-hydrogen) atoms. The molecule has 0 aliphatic heterocycles. The van der Waals surface area contributed by atoms with Crippen LogP contribution in [0.5, 0.6) is 0 Å². The summed E-state index contributed by atoms with van der Waals surface area (Å²) in [6.45, 7) is 0. The number of alkyl halides is 3. The number of nitrogens with zero attached hydrogens (tertiary/aromatic N) is 1. The van der Waals surface area contributed by atoms with Gasteiger partial charge in [0.15, 0.2) is 5.69 Å².